The summed E-state index contributed by atoms with van der Waals surface area (Å²) in [6.07, 6.45) is 0. The Morgan fingerprint density at radius 2 is 2.39 bits per heavy atom. The van der Waals surface area contributed by atoms with Gasteiger partial charge in [0.1, 0.15) is 5.82 Å². The Labute approximate surface area is 112 Å². The third-order valence-electron chi connectivity index (χ3n) is 2.24. The maximum Gasteiger partial charge on any atom is 0.343 e. The number of aromatic nitrogens is 4. The molecule has 0 radical (unpaired) electrons. The van der Waals surface area contributed by atoms with Crippen molar-refractivity contribution in [2.24, 2.45) is 12.9 Å². The molecule has 0 saturated carbocycles. The summed E-state index contributed by atoms with van der Waals surface area (Å²) in [6.45, 7) is 0. The van der Waals surface area contributed by atoms with Gasteiger partial charge in [0.2, 0.25) is 0 Å². The van der Waals surface area contributed by atoms with Gasteiger partial charge in [-0.2, -0.15) is 0 Å². The molecule has 2 heterocycles. The molecule has 0 aliphatic carbocycles. The molecular formula is C9H11ClN6OS. The molecule has 2 aromatic heterocycles. The van der Waals surface area contributed by atoms with Crippen molar-refractivity contribution in [3.63, 3.8) is 0 Å². The van der Waals surface area contributed by atoms with Crippen molar-refractivity contribution >= 4 is 29.2 Å². The van der Waals surface area contributed by atoms with Gasteiger partial charge in [-0.25, -0.2) is 20.7 Å². The Morgan fingerprint density at radius 1 is 1.61 bits per heavy atom. The van der Waals surface area contributed by atoms with Crippen LogP contribution in [-0.2, 0) is 12.8 Å². The van der Waals surface area contributed by atoms with Crippen molar-refractivity contribution in [2.75, 3.05) is 5.43 Å². The van der Waals surface area contributed by atoms with E-state index < -0.39 is 0 Å². The molecule has 9 heteroatoms. The number of pyridine rings is 1. The zero-order valence-corrected chi connectivity index (χ0v) is 11.0. The minimum Gasteiger partial charge on any atom is -0.308 e. The monoisotopic (exact) mass is 286 g/mol. The first-order valence-corrected chi connectivity index (χ1v) is 6.34. The van der Waals surface area contributed by atoms with Gasteiger partial charge in [-0.1, -0.05) is 23.4 Å². The van der Waals surface area contributed by atoms with E-state index in [1.165, 1.54) is 16.3 Å². The molecule has 0 aliphatic rings. The zero-order chi connectivity index (χ0) is 13.1. The van der Waals surface area contributed by atoms with Crippen molar-refractivity contribution < 1.29 is 0 Å². The number of H-pyrrole nitrogens is 1. The van der Waals surface area contributed by atoms with E-state index >= 15 is 0 Å². The first-order valence-electron chi connectivity index (χ1n) is 4.98. The number of thioether (sulfide) groups is 1. The number of rotatable bonds is 4. The lowest BCUT2D eigenvalue weighted by molar-refractivity contribution is 0.765. The van der Waals surface area contributed by atoms with Gasteiger partial charge >= 0.3 is 5.69 Å². The lowest BCUT2D eigenvalue weighted by atomic mass is 10.4. The van der Waals surface area contributed by atoms with Gasteiger partial charge in [-0.3, -0.25) is 4.57 Å². The highest BCUT2D eigenvalue weighted by Gasteiger charge is 2.08. The second-order valence-electron chi connectivity index (χ2n) is 3.43. The number of halogens is 1. The second kappa shape index (κ2) is 5.42. The maximum absolute atomic E-state index is 11.2. The minimum absolute atomic E-state index is 0.256. The fraction of sp³-hybridized carbons (Fsp3) is 0.222. The Kier molecular flexibility index (Phi) is 3.90. The summed E-state index contributed by atoms with van der Waals surface area (Å²) in [5.41, 5.74) is 2.87. The first kappa shape index (κ1) is 12.9. The third-order valence-corrected chi connectivity index (χ3v) is 3.63. The predicted octanol–water partition coefficient (Wildman–Crippen LogP) is 0.735. The topological polar surface area (TPSA) is 102 Å². The molecule has 0 aliphatic heterocycles. The van der Waals surface area contributed by atoms with Crippen LogP contribution in [0.3, 0.4) is 0 Å². The van der Waals surface area contributed by atoms with Crippen LogP contribution in [0.1, 0.15) is 5.69 Å². The molecule has 96 valence electrons. The number of hydrogen-bond acceptors (Lipinski definition) is 6. The molecule has 18 heavy (non-hydrogen) atoms. The quantitative estimate of drug-likeness (QED) is 0.435. The first-order chi connectivity index (χ1) is 8.61. The van der Waals surface area contributed by atoms with E-state index in [-0.39, 0.29) is 5.69 Å². The Morgan fingerprint density at radius 3 is 3.00 bits per heavy atom. The fourth-order valence-electron chi connectivity index (χ4n) is 1.26. The summed E-state index contributed by atoms with van der Waals surface area (Å²) < 4.78 is 1.42. The molecule has 0 amide bonds. The SMILES string of the molecule is Cn1c(SCc2nc(NN)ccc2Cl)n[nH]c1=O. The van der Waals surface area contributed by atoms with Crippen LogP contribution >= 0.6 is 23.4 Å². The Hall–Kier alpha value is -1.51. The largest absolute Gasteiger partial charge is 0.343 e. The van der Waals surface area contributed by atoms with Crippen LogP contribution in [0.15, 0.2) is 22.1 Å². The summed E-state index contributed by atoms with van der Waals surface area (Å²) in [4.78, 5) is 15.4. The number of nitrogens with two attached hydrogens (primary N) is 1. The van der Waals surface area contributed by atoms with E-state index in [9.17, 15) is 4.79 Å². The predicted molar refractivity (Wildman–Crippen MR) is 70.4 cm³/mol. The molecule has 0 bridgehead atoms. The number of nitrogens with one attached hydrogen (secondary N) is 2. The van der Waals surface area contributed by atoms with Crippen LogP contribution in [0, 0.1) is 0 Å². The van der Waals surface area contributed by atoms with Crippen molar-refractivity contribution in [2.45, 2.75) is 10.9 Å². The molecule has 2 aromatic rings. The van der Waals surface area contributed by atoms with Crippen LogP contribution < -0.4 is 17.0 Å². The Balaban J connectivity index is 2.15. The summed E-state index contributed by atoms with van der Waals surface area (Å²) in [5, 5.41) is 7.36. The fourth-order valence-corrected chi connectivity index (χ4v) is 2.38. The number of hydrogen-bond donors (Lipinski definition) is 3. The van der Waals surface area contributed by atoms with E-state index in [1.807, 2.05) is 0 Å². The average Bonchev–Trinajstić information content (AvgIpc) is 2.69. The highest BCUT2D eigenvalue weighted by Crippen LogP contribution is 2.24. The Bertz CT molecular complexity index is 609. The van der Waals surface area contributed by atoms with E-state index in [0.29, 0.717) is 27.4 Å². The van der Waals surface area contributed by atoms with Crippen molar-refractivity contribution in [1.82, 2.24) is 19.7 Å². The highest BCUT2D eigenvalue weighted by molar-refractivity contribution is 7.98. The van der Waals surface area contributed by atoms with Gasteiger partial charge in [0.05, 0.1) is 10.7 Å². The van der Waals surface area contributed by atoms with Gasteiger partial charge in [0, 0.05) is 12.8 Å². The van der Waals surface area contributed by atoms with Gasteiger partial charge in [0.15, 0.2) is 5.16 Å². The van der Waals surface area contributed by atoms with Crippen LogP contribution in [0.25, 0.3) is 0 Å². The summed E-state index contributed by atoms with van der Waals surface area (Å²) in [5.74, 6) is 6.30. The smallest absolute Gasteiger partial charge is 0.308 e. The van der Waals surface area contributed by atoms with E-state index in [1.54, 1.807) is 19.2 Å². The number of nitrogen functional groups attached to an aromatic ring is 1. The molecular weight excluding hydrogens is 276 g/mol. The number of nitrogens with zero attached hydrogens (tertiary/aromatic N) is 3. The summed E-state index contributed by atoms with van der Waals surface area (Å²) in [6, 6.07) is 3.39. The van der Waals surface area contributed by atoms with Gasteiger partial charge < -0.3 is 5.43 Å². The van der Waals surface area contributed by atoms with Crippen LogP contribution in [0.4, 0.5) is 5.82 Å². The molecule has 0 aromatic carbocycles. The van der Waals surface area contributed by atoms with E-state index in [0.717, 1.165) is 0 Å². The summed E-state index contributed by atoms with van der Waals surface area (Å²) >= 11 is 7.38. The van der Waals surface area contributed by atoms with Crippen molar-refractivity contribution in [3.8, 4) is 0 Å². The molecule has 0 saturated heterocycles. The standard InChI is InChI=1S/C9H11ClN6OS/c1-16-8(17)14-15-9(16)18-4-6-5(10)2-3-7(12-6)13-11/h2-3H,4,11H2,1H3,(H,12,13)(H,14,17). The highest BCUT2D eigenvalue weighted by atomic mass is 35.5. The van der Waals surface area contributed by atoms with E-state index in [4.69, 9.17) is 17.4 Å². The van der Waals surface area contributed by atoms with Crippen LogP contribution in [0.2, 0.25) is 5.02 Å². The molecule has 0 spiro atoms. The van der Waals surface area contributed by atoms with Crippen LogP contribution in [-0.4, -0.2) is 19.7 Å². The average molecular weight is 287 g/mol. The van der Waals surface area contributed by atoms with Crippen LogP contribution in [0.5, 0.6) is 0 Å². The molecule has 0 fully saturated rings. The number of aromatic amines is 1. The molecule has 7 nitrogen and oxygen atoms in total. The zero-order valence-electron chi connectivity index (χ0n) is 9.48. The van der Waals surface area contributed by atoms with Crippen molar-refractivity contribution in [3.05, 3.63) is 33.3 Å². The number of hydrazine groups is 1. The minimum atomic E-state index is -0.256. The van der Waals surface area contributed by atoms with Gasteiger partial charge in [-0.05, 0) is 12.1 Å². The lowest BCUT2D eigenvalue weighted by Crippen LogP contribution is -2.13. The van der Waals surface area contributed by atoms with Gasteiger partial charge in [-0.15, -0.1) is 5.10 Å². The number of anilines is 1. The normalized spacial score (nSPS) is 10.6. The van der Waals surface area contributed by atoms with E-state index in [2.05, 4.69) is 20.6 Å². The molecule has 0 atom stereocenters. The molecule has 0 unspecified atom stereocenters. The lowest BCUT2D eigenvalue weighted by Gasteiger charge is -2.05. The molecule has 2 rings (SSSR count). The summed E-state index contributed by atoms with van der Waals surface area (Å²) in [7, 11) is 1.64. The van der Waals surface area contributed by atoms with Crippen molar-refractivity contribution in [1.29, 1.82) is 0 Å². The third kappa shape index (κ3) is 2.66. The maximum atomic E-state index is 11.2. The second-order valence-corrected chi connectivity index (χ2v) is 4.78. The molecule has 4 N–H and O–H groups in total. The van der Waals surface area contributed by atoms with Gasteiger partial charge in [0.25, 0.3) is 0 Å².